The molecule has 2 rings (SSSR count). The van der Waals surface area contributed by atoms with Crippen LogP contribution in [-0.2, 0) is 0 Å². The lowest BCUT2D eigenvalue weighted by Crippen LogP contribution is -2.10. The summed E-state index contributed by atoms with van der Waals surface area (Å²) in [4.78, 5) is 11.2. The lowest BCUT2D eigenvalue weighted by Gasteiger charge is -2.06. The lowest BCUT2D eigenvalue weighted by molar-refractivity contribution is 0.1000. The second-order valence-electron chi connectivity index (χ2n) is 4.21. The van der Waals surface area contributed by atoms with Crippen molar-refractivity contribution >= 4 is 18.1 Å². The number of hydrogen-bond acceptors (Lipinski definition) is 2. The highest BCUT2D eigenvalue weighted by atomic mass is 19.1. The van der Waals surface area contributed by atoms with Gasteiger partial charge < -0.3 is 10.5 Å². The molecule has 0 spiro atoms. The first-order valence-electron chi connectivity index (χ1n) is 6.01. The van der Waals surface area contributed by atoms with E-state index in [9.17, 15) is 9.18 Å². The molecule has 0 heterocycles. The third-order valence-corrected chi connectivity index (χ3v) is 2.84. The summed E-state index contributed by atoms with van der Waals surface area (Å²) in [6, 6.07) is 11.0. The van der Waals surface area contributed by atoms with Crippen LogP contribution >= 0.6 is 0 Å². The summed E-state index contributed by atoms with van der Waals surface area (Å²) in [5, 5.41) is 0. The van der Waals surface area contributed by atoms with Crippen LogP contribution in [0.1, 0.15) is 21.5 Å². The van der Waals surface area contributed by atoms with Crippen molar-refractivity contribution in [1.29, 1.82) is 0 Å². The third-order valence-electron chi connectivity index (χ3n) is 2.84. The molecule has 0 saturated heterocycles. The minimum Gasteiger partial charge on any atom is -0.496 e. The van der Waals surface area contributed by atoms with Gasteiger partial charge in [-0.25, -0.2) is 4.39 Å². The number of benzene rings is 2. The average molecular weight is 271 g/mol. The van der Waals surface area contributed by atoms with Crippen molar-refractivity contribution in [3.8, 4) is 5.75 Å². The van der Waals surface area contributed by atoms with Crippen LogP contribution in [0.4, 0.5) is 4.39 Å². The topological polar surface area (TPSA) is 52.3 Å². The molecule has 4 heteroatoms. The predicted octanol–water partition coefficient (Wildman–Crippen LogP) is 3.10. The smallest absolute Gasteiger partial charge is 0.248 e. The molecule has 0 aliphatic heterocycles. The van der Waals surface area contributed by atoms with Gasteiger partial charge in [-0.05, 0) is 35.9 Å². The maximum absolute atomic E-state index is 12.8. The Morgan fingerprint density at radius 1 is 1.15 bits per heavy atom. The predicted molar refractivity (Wildman–Crippen MR) is 76.8 cm³/mol. The number of amides is 1. The Kier molecular flexibility index (Phi) is 4.15. The zero-order valence-corrected chi connectivity index (χ0v) is 11.0. The molecule has 0 saturated carbocycles. The molecule has 1 amide bonds. The molecule has 0 aliphatic carbocycles. The zero-order chi connectivity index (χ0) is 14.5. The van der Waals surface area contributed by atoms with Crippen molar-refractivity contribution in [3.05, 3.63) is 65.0 Å². The summed E-state index contributed by atoms with van der Waals surface area (Å²) in [6.07, 6.45) is 3.60. The summed E-state index contributed by atoms with van der Waals surface area (Å²) < 4.78 is 18.0. The van der Waals surface area contributed by atoms with Crippen LogP contribution in [0, 0.1) is 5.82 Å². The van der Waals surface area contributed by atoms with Gasteiger partial charge in [0.25, 0.3) is 0 Å². The summed E-state index contributed by atoms with van der Waals surface area (Å²) in [5.74, 6) is -0.145. The van der Waals surface area contributed by atoms with Gasteiger partial charge in [-0.3, -0.25) is 4.79 Å². The first kappa shape index (κ1) is 13.8. The molecule has 2 aromatic rings. The molecule has 0 aliphatic rings. The van der Waals surface area contributed by atoms with E-state index in [0.717, 1.165) is 11.1 Å². The number of nitrogens with two attached hydrogens (primary N) is 1. The van der Waals surface area contributed by atoms with Crippen LogP contribution in [0.3, 0.4) is 0 Å². The Hall–Kier alpha value is -2.62. The van der Waals surface area contributed by atoms with E-state index in [4.69, 9.17) is 10.5 Å². The molecular weight excluding hydrogens is 257 g/mol. The third kappa shape index (κ3) is 3.23. The highest BCUT2D eigenvalue weighted by Crippen LogP contribution is 2.22. The monoisotopic (exact) mass is 271 g/mol. The Labute approximate surface area is 116 Å². The Bertz CT molecular complexity index is 648. The van der Waals surface area contributed by atoms with E-state index in [0.29, 0.717) is 11.3 Å². The average Bonchev–Trinajstić information content (AvgIpc) is 2.46. The minimum atomic E-state index is -0.496. The van der Waals surface area contributed by atoms with E-state index < -0.39 is 5.91 Å². The van der Waals surface area contributed by atoms with E-state index in [1.165, 1.54) is 12.1 Å². The molecule has 20 heavy (non-hydrogen) atoms. The van der Waals surface area contributed by atoms with Crippen LogP contribution in [0.2, 0.25) is 0 Å². The van der Waals surface area contributed by atoms with E-state index in [-0.39, 0.29) is 5.82 Å². The molecule has 102 valence electrons. The van der Waals surface area contributed by atoms with Crippen LogP contribution < -0.4 is 10.5 Å². The highest BCUT2D eigenvalue weighted by Gasteiger charge is 2.05. The molecule has 0 bridgehead atoms. The lowest BCUT2D eigenvalue weighted by atomic mass is 10.1. The Balaban J connectivity index is 2.33. The van der Waals surface area contributed by atoms with Gasteiger partial charge in [0.05, 0.1) is 7.11 Å². The van der Waals surface area contributed by atoms with Gasteiger partial charge in [0.1, 0.15) is 11.6 Å². The van der Waals surface area contributed by atoms with Crippen molar-refractivity contribution in [3.63, 3.8) is 0 Å². The second-order valence-corrected chi connectivity index (χ2v) is 4.21. The van der Waals surface area contributed by atoms with Crippen molar-refractivity contribution < 1.29 is 13.9 Å². The van der Waals surface area contributed by atoms with Gasteiger partial charge in [-0.1, -0.05) is 24.3 Å². The molecule has 0 radical (unpaired) electrons. The quantitative estimate of drug-likeness (QED) is 0.869. The number of rotatable bonds is 4. The summed E-state index contributed by atoms with van der Waals surface area (Å²) >= 11 is 0. The van der Waals surface area contributed by atoms with E-state index in [1.54, 1.807) is 43.5 Å². The maximum Gasteiger partial charge on any atom is 0.248 e. The fourth-order valence-corrected chi connectivity index (χ4v) is 1.78. The first-order valence-corrected chi connectivity index (χ1v) is 6.01. The molecule has 0 atom stereocenters. The van der Waals surface area contributed by atoms with Crippen LogP contribution in [0.5, 0.6) is 5.75 Å². The zero-order valence-electron chi connectivity index (χ0n) is 11.0. The number of hydrogen-bond donors (Lipinski definition) is 1. The fourth-order valence-electron chi connectivity index (χ4n) is 1.78. The number of carbonyl (C=O) groups is 1. The standard InChI is InChI=1S/C16H14FNO2/c1-20-15-9-6-13(16(18)19)10-12(15)5-2-11-3-7-14(17)8-4-11/h2-10H,1H3,(H2,18,19). The molecule has 3 nitrogen and oxygen atoms in total. The van der Waals surface area contributed by atoms with Gasteiger partial charge in [-0.2, -0.15) is 0 Å². The molecule has 2 aromatic carbocycles. The molecular formula is C16H14FNO2. The Morgan fingerprint density at radius 2 is 1.85 bits per heavy atom. The molecule has 0 fully saturated rings. The summed E-state index contributed by atoms with van der Waals surface area (Å²) in [5.41, 5.74) is 7.23. The fraction of sp³-hybridized carbons (Fsp3) is 0.0625. The first-order chi connectivity index (χ1) is 9.60. The minimum absolute atomic E-state index is 0.282. The van der Waals surface area contributed by atoms with Gasteiger partial charge in [-0.15, -0.1) is 0 Å². The molecule has 2 N–H and O–H groups in total. The largest absolute Gasteiger partial charge is 0.496 e. The van der Waals surface area contributed by atoms with Crippen molar-refractivity contribution in [2.24, 2.45) is 5.73 Å². The molecule has 0 aromatic heterocycles. The highest BCUT2D eigenvalue weighted by molar-refractivity contribution is 5.94. The van der Waals surface area contributed by atoms with E-state index in [1.807, 2.05) is 6.08 Å². The number of carbonyl (C=O) groups excluding carboxylic acids is 1. The maximum atomic E-state index is 12.8. The van der Waals surface area contributed by atoms with Crippen LogP contribution in [-0.4, -0.2) is 13.0 Å². The Morgan fingerprint density at radius 3 is 2.45 bits per heavy atom. The van der Waals surface area contributed by atoms with Crippen molar-refractivity contribution in [2.75, 3.05) is 7.11 Å². The summed E-state index contributed by atoms with van der Waals surface area (Å²) in [7, 11) is 1.55. The van der Waals surface area contributed by atoms with Crippen molar-refractivity contribution in [1.82, 2.24) is 0 Å². The SMILES string of the molecule is COc1ccc(C(N)=O)cc1C=Cc1ccc(F)cc1. The van der Waals surface area contributed by atoms with Gasteiger partial charge >= 0.3 is 0 Å². The second kappa shape index (κ2) is 6.02. The normalized spacial score (nSPS) is 10.7. The van der Waals surface area contributed by atoms with Crippen LogP contribution in [0.15, 0.2) is 42.5 Å². The number of primary amides is 1. The van der Waals surface area contributed by atoms with Gasteiger partial charge in [0.2, 0.25) is 5.91 Å². The molecule has 0 unspecified atom stereocenters. The number of ether oxygens (including phenoxy) is 1. The van der Waals surface area contributed by atoms with Crippen molar-refractivity contribution in [2.45, 2.75) is 0 Å². The van der Waals surface area contributed by atoms with Gasteiger partial charge in [0, 0.05) is 11.1 Å². The van der Waals surface area contributed by atoms with E-state index >= 15 is 0 Å². The van der Waals surface area contributed by atoms with E-state index in [2.05, 4.69) is 0 Å². The number of halogens is 1. The van der Waals surface area contributed by atoms with Gasteiger partial charge in [0.15, 0.2) is 0 Å². The number of methoxy groups -OCH3 is 1. The van der Waals surface area contributed by atoms with Crippen LogP contribution in [0.25, 0.3) is 12.2 Å². The summed E-state index contributed by atoms with van der Waals surface area (Å²) in [6.45, 7) is 0.